The molecule has 0 aliphatic rings. The van der Waals surface area contributed by atoms with Crippen LogP contribution in [0.1, 0.15) is 18.4 Å². The van der Waals surface area contributed by atoms with Crippen molar-refractivity contribution in [3.63, 3.8) is 0 Å². The highest BCUT2D eigenvalue weighted by Gasteiger charge is 2.30. The lowest BCUT2D eigenvalue weighted by atomic mass is 10.2. The number of nitrogens with one attached hydrogen (secondary N) is 1. The first-order chi connectivity index (χ1) is 7.95. The minimum atomic E-state index is -4.33. The normalized spacial score (nSPS) is 11.6. The number of aliphatic hydroxyl groups excluding tert-OH is 1. The van der Waals surface area contributed by atoms with Crippen LogP contribution in [0.4, 0.5) is 18.9 Å². The fourth-order valence-electron chi connectivity index (χ4n) is 1.30. The third-order valence-corrected chi connectivity index (χ3v) is 2.89. The molecule has 0 atom stereocenters. The van der Waals surface area contributed by atoms with E-state index in [1.54, 1.807) is 0 Å². The van der Waals surface area contributed by atoms with E-state index in [9.17, 15) is 13.2 Å². The zero-order chi connectivity index (χ0) is 12.9. The predicted molar refractivity (Wildman–Crippen MR) is 64.0 cm³/mol. The van der Waals surface area contributed by atoms with Crippen LogP contribution >= 0.6 is 15.9 Å². The average Bonchev–Trinajstić information content (AvgIpc) is 2.25. The van der Waals surface area contributed by atoms with Gasteiger partial charge in [-0.1, -0.05) is 0 Å². The van der Waals surface area contributed by atoms with E-state index in [4.69, 9.17) is 5.11 Å². The van der Waals surface area contributed by atoms with Crippen LogP contribution in [0, 0.1) is 0 Å². The van der Waals surface area contributed by atoms with Gasteiger partial charge in [-0.25, -0.2) is 0 Å². The van der Waals surface area contributed by atoms with Crippen molar-refractivity contribution in [1.82, 2.24) is 0 Å². The summed E-state index contributed by atoms with van der Waals surface area (Å²) in [5.74, 6) is 0. The minimum Gasteiger partial charge on any atom is -0.396 e. The molecule has 2 nitrogen and oxygen atoms in total. The average molecular weight is 312 g/mol. The highest BCUT2D eigenvalue weighted by Crippen LogP contribution is 2.33. The van der Waals surface area contributed by atoms with Crippen LogP contribution in [0.5, 0.6) is 0 Å². The zero-order valence-corrected chi connectivity index (χ0v) is 10.6. The molecule has 1 rings (SSSR count). The van der Waals surface area contributed by atoms with Crippen molar-refractivity contribution in [2.45, 2.75) is 19.0 Å². The van der Waals surface area contributed by atoms with Crippen LogP contribution in [-0.2, 0) is 6.18 Å². The van der Waals surface area contributed by atoms with Gasteiger partial charge in [-0.05, 0) is 47.0 Å². The van der Waals surface area contributed by atoms with Crippen LogP contribution in [-0.4, -0.2) is 18.3 Å². The van der Waals surface area contributed by atoms with E-state index in [0.717, 1.165) is 12.1 Å². The van der Waals surface area contributed by atoms with Crippen molar-refractivity contribution in [2.24, 2.45) is 0 Å². The predicted octanol–water partition coefficient (Wildman–Crippen LogP) is 3.65. The van der Waals surface area contributed by atoms with Gasteiger partial charge in [0, 0.05) is 23.3 Å². The molecular formula is C11H13BrF3NO. The molecule has 0 aliphatic carbocycles. The number of aliphatic hydroxyl groups is 1. The molecule has 1 aromatic carbocycles. The van der Waals surface area contributed by atoms with E-state index in [1.165, 1.54) is 6.07 Å². The SMILES string of the molecule is OCCCCNc1cc(C(F)(F)F)ccc1Br. The van der Waals surface area contributed by atoms with Crippen molar-refractivity contribution >= 4 is 21.6 Å². The summed E-state index contributed by atoms with van der Waals surface area (Å²) in [6, 6.07) is 3.48. The number of benzene rings is 1. The molecule has 0 saturated carbocycles. The molecule has 1 aromatic rings. The molecule has 0 unspecified atom stereocenters. The number of anilines is 1. The van der Waals surface area contributed by atoms with Gasteiger partial charge in [0.2, 0.25) is 0 Å². The van der Waals surface area contributed by atoms with Gasteiger partial charge >= 0.3 is 6.18 Å². The number of rotatable bonds is 5. The second-order valence-corrected chi connectivity index (χ2v) is 4.40. The van der Waals surface area contributed by atoms with E-state index in [0.29, 0.717) is 29.5 Å². The quantitative estimate of drug-likeness (QED) is 0.814. The number of hydrogen-bond donors (Lipinski definition) is 2. The standard InChI is InChI=1S/C11H13BrF3NO/c12-9-4-3-8(11(13,14)15)7-10(9)16-5-1-2-6-17/h3-4,7,16-17H,1-2,5-6H2. The molecule has 0 aliphatic heterocycles. The van der Waals surface area contributed by atoms with Crippen LogP contribution in [0.15, 0.2) is 22.7 Å². The third-order valence-electron chi connectivity index (χ3n) is 2.19. The maximum Gasteiger partial charge on any atom is 0.416 e. The molecule has 17 heavy (non-hydrogen) atoms. The monoisotopic (exact) mass is 311 g/mol. The Balaban J connectivity index is 2.70. The van der Waals surface area contributed by atoms with Crippen molar-refractivity contribution < 1.29 is 18.3 Å². The van der Waals surface area contributed by atoms with E-state index in [2.05, 4.69) is 21.2 Å². The minimum absolute atomic E-state index is 0.0887. The van der Waals surface area contributed by atoms with Gasteiger partial charge < -0.3 is 10.4 Å². The molecule has 0 amide bonds. The van der Waals surface area contributed by atoms with E-state index >= 15 is 0 Å². The summed E-state index contributed by atoms with van der Waals surface area (Å²) in [6.07, 6.45) is -3.00. The Morgan fingerprint density at radius 3 is 2.53 bits per heavy atom. The number of unbranched alkanes of at least 4 members (excludes halogenated alkanes) is 1. The summed E-state index contributed by atoms with van der Waals surface area (Å²) >= 11 is 3.19. The zero-order valence-electron chi connectivity index (χ0n) is 9.02. The Bertz CT molecular complexity index is 368. The topological polar surface area (TPSA) is 32.3 Å². The molecule has 96 valence electrons. The molecule has 0 bridgehead atoms. The number of alkyl halides is 3. The Labute approximate surface area is 106 Å². The first kappa shape index (κ1) is 14.3. The van der Waals surface area contributed by atoms with E-state index in [1.807, 2.05) is 0 Å². The summed E-state index contributed by atoms with van der Waals surface area (Å²) < 4.78 is 38.0. The van der Waals surface area contributed by atoms with Crippen molar-refractivity contribution in [3.05, 3.63) is 28.2 Å². The van der Waals surface area contributed by atoms with Crippen LogP contribution in [0.3, 0.4) is 0 Å². The molecule has 0 fully saturated rings. The Kier molecular flexibility index (Phi) is 5.27. The fraction of sp³-hybridized carbons (Fsp3) is 0.455. The van der Waals surface area contributed by atoms with E-state index in [-0.39, 0.29) is 6.61 Å². The molecular weight excluding hydrogens is 299 g/mol. The van der Waals surface area contributed by atoms with Gasteiger partial charge in [0.25, 0.3) is 0 Å². The summed E-state index contributed by atoms with van der Waals surface area (Å²) in [4.78, 5) is 0. The molecule has 6 heteroatoms. The van der Waals surface area contributed by atoms with Gasteiger partial charge in [-0.15, -0.1) is 0 Å². The first-order valence-corrected chi connectivity index (χ1v) is 5.96. The first-order valence-electron chi connectivity index (χ1n) is 5.16. The maximum absolute atomic E-state index is 12.5. The molecule has 0 heterocycles. The second-order valence-electron chi connectivity index (χ2n) is 3.55. The summed E-state index contributed by atoms with van der Waals surface area (Å²) in [6.45, 7) is 0.617. The lowest BCUT2D eigenvalue weighted by molar-refractivity contribution is -0.137. The highest BCUT2D eigenvalue weighted by atomic mass is 79.9. The Morgan fingerprint density at radius 1 is 1.24 bits per heavy atom. The Hall–Kier alpha value is -0.750. The molecule has 0 aromatic heterocycles. The van der Waals surface area contributed by atoms with Crippen LogP contribution in [0.25, 0.3) is 0 Å². The lowest BCUT2D eigenvalue weighted by Crippen LogP contribution is -2.08. The summed E-state index contributed by atoms with van der Waals surface area (Å²) in [5, 5.41) is 11.5. The van der Waals surface area contributed by atoms with E-state index < -0.39 is 11.7 Å². The largest absolute Gasteiger partial charge is 0.416 e. The van der Waals surface area contributed by atoms with Gasteiger partial charge in [0.1, 0.15) is 0 Å². The third kappa shape index (κ3) is 4.55. The highest BCUT2D eigenvalue weighted by molar-refractivity contribution is 9.10. The molecule has 0 spiro atoms. The molecule has 2 N–H and O–H groups in total. The smallest absolute Gasteiger partial charge is 0.396 e. The van der Waals surface area contributed by atoms with Crippen molar-refractivity contribution in [3.8, 4) is 0 Å². The van der Waals surface area contributed by atoms with Crippen LogP contribution < -0.4 is 5.32 Å². The maximum atomic E-state index is 12.5. The van der Waals surface area contributed by atoms with Crippen molar-refractivity contribution in [2.75, 3.05) is 18.5 Å². The van der Waals surface area contributed by atoms with Gasteiger partial charge in [-0.3, -0.25) is 0 Å². The van der Waals surface area contributed by atoms with Gasteiger partial charge in [0.15, 0.2) is 0 Å². The number of hydrogen-bond acceptors (Lipinski definition) is 2. The molecule has 0 radical (unpaired) electrons. The molecule has 0 saturated heterocycles. The summed E-state index contributed by atoms with van der Waals surface area (Å²) in [5.41, 5.74) is -0.261. The number of halogens is 4. The van der Waals surface area contributed by atoms with Crippen LogP contribution in [0.2, 0.25) is 0 Å². The van der Waals surface area contributed by atoms with Gasteiger partial charge in [0.05, 0.1) is 5.56 Å². The Morgan fingerprint density at radius 2 is 1.94 bits per heavy atom. The summed E-state index contributed by atoms with van der Waals surface area (Å²) in [7, 11) is 0. The van der Waals surface area contributed by atoms with Gasteiger partial charge in [-0.2, -0.15) is 13.2 Å². The second kappa shape index (κ2) is 6.26. The lowest BCUT2D eigenvalue weighted by Gasteiger charge is -2.12. The fourth-order valence-corrected chi connectivity index (χ4v) is 1.68. The van der Waals surface area contributed by atoms with Crippen molar-refractivity contribution in [1.29, 1.82) is 0 Å².